The van der Waals surface area contributed by atoms with Gasteiger partial charge in [-0.1, -0.05) is 20.8 Å². The molecule has 92 valence electrons. The third kappa shape index (κ3) is 2.09. The van der Waals surface area contributed by atoms with E-state index < -0.39 is 0 Å². The Hall–Kier alpha value is -0.220. The first-order valence-corrected chi connectivity index (χ1v) is 7.46. The molecule has 3 atom stereocenters. The van der Waals surface area contributed by atoms with Gasteiger partial charge in [0.05, 0.1) is 12.2 Å². The molecular weight excluding hydrogens is 220 g/mol. The van der Waals surface area contributed by atoms with Crippen molar-refractivity contribution in [3.8, 4) is 0 Å². The fourth-order valence-electron chi connectivity index (χ4n) is 2.64. The van der Waals surface area contributed by atoms with Gasteiger partial charge in [0.15, 0.2) is 0 Å². The van der Waals surface area contributed by atoms with Crippen molar-refractivity contribution in [3.63, 3.8) is 0 Å². The van der Waals surface area contributed by atoms with Crippen LogP contribution in [-0.4, -0.2) is 40.6 Å². The maximum Gasteiger partial charge on any atom is 0.241 e. The van der Waals surface area contributed by atoms with Crippen molar-refractivity contribution in [3.05, 3.63) is 0 Å². The zero-order chi connectivity index (χ0) is 11.7. The van der Waals surface area contributed by atoms with E-state index in [-0.39, 0.29) is 12.2 Å². The summed E-state index contributed by atoms with van der Waals surface area (Å²) in [6.07, 6.45) is 2.44. The van der Waals surface area contributed by atoms with Gasteiger partial charge in [0.25, 0.3) is 0 Å². The molecule has 3 nitrogen and oxygen atoms in total. The summed E-state index contributed by atoms with van der Waals surface area (Å²) in [5.74, 6) is 3.04. The summed E-state index contributed by atoms with van der Waals surface area (Å²) in [6, 6.07) is 0.509. The quantitative estimate of drug-likeness (QED) is 0.817. The zero-order valence-electron chi connectivity index (χ0n) is 10.4. The Bertz CT molecular complexity index is 264. The summed E-state index contributed by atoms with van der Waals surface area (Å²) in [5, 5.41) is 3.48. The van der Waals surface area contributed by atoms with Gasteiger partial charge in [0.2, 0.25) is 5.91 Å². The summed E-state index contributed by atoms with van der Waals surface area (Å²) in [6.45, 7) is 6.40. The highest BCUT2D eigenvalue weighted by atomic mass is 32.2. The molecule has 2 fully saturated rings. The Morgan fingerprint density at radius 2 is 2.31 bits per heavy atom. The maximum absolute atomic E-state index is 12.4. The summed E-state index contributed by atoms with van der Waals surface area (Å²) < 4.78 is 0. The van der Waals surface area contributed by atoms with E-state index in [2.05, 4.69) is 31.0 Å². The second-order valence-electron chi connectivity index (χ2n) is 5.08. The highest BCUT2D eigenvalue weighted by Gasteiger charge is 2.43. The van der Waals surface area contributed by atoms with Crippen molar-refractivity contribution in [2.45, 2.75) is 51.9 Å². The van der Waals surface area contributed by atoms with Crippen LogP contribution in [0.3, 0.4) is 0 Å². The van der Waals surface area contributed by atoms with Gasteiger partial charge in [-0.25, -0.2) is 0 Å². The Morgan fingerprint density at radius 3 is 2.81 bits per heavy atom. The number of amides is 1. The van der Waals surface area contributed by atoms with Gasteiger partial charge in [-0.15, -0.1) is 0 Å². The standard InChI is InChI=1S/C12H22N2OS/c1-4-10-13-11(8(2)3)12(15)14(10)9-5-6-16-7-9/h8-11,13H,4-7H2,1-3H3. The van der Waals surface area contributed by atoms with Gasteiger partial charge in [-0.05, 0) is 24.5 Å². The lowest BCUT2D eigenvalue weighted by atomic mass is 10.0. The number of thioether (sulfide) groups is 1. The Kier molecular flexibility index (Phi) is 3.80. The zero-order valence-corrected chi connectivity index (χ0v) is 11.2. The second-order valence-corrected chi connectivity index (χ2v) is 6.23. The van der Waals surface area contributed by atoms with Crippen LogP contribution in [0.5, 0.6) is 0 Å². The molecular formula is C12H22N2OS. The van der Waals surface area contributed by atoms with E-state index in [1.54, 1.807) is 0 Å². The normalized spacial score (nSPS) is 35.4. The number of nitrogens with one attached hydrogen (secondary N) is 1. The first-order valence-electron chi connectivity index (χ1n) is 6.31. The lowest BCUT2D eigenvalue weighted by Crippen LogP contribution is -2.44. The summed E-state index contributed by atoms with van der Waals surface area (Å²) in [4.78, 5) is 14.5. The number of carbonyl (C=O) groups is 1. The second kappa shape index (κ2) is 4.96. The van der Waals surface area contributed by atoms with E-state index in [0.717, 1.165) is 12.2 Å². The number of carbonyl (C=O) groups excluding carboxylic acids is 1. The third-order valence-electron chi connectivity index (χ3n) is 3.58. The number of rotatable bonds is 3. The molecule has 2 aliphatic heterocycles. The number of nitrogens with zero attached hydrogens (tertiary/aromatic N) is 1. The highest BCUT2D eigenvalue weighted by Crippen LogP contribution is 2.29. The van der Waals surface area contributed by atoms with E-state index in [1.165, 1.54) is 12.2 Å². The fraction of sp³-hybridized carbons (Fsp3) is 0.917. The van der Waals surface area contributed by atoms with Crippen LogP contribution in [0.15, 0.2) is 0 Å². The van der Waals surface area contributed by atoms with Crippen LogP contribution in [0.25, 0.3) is 0 Å². The van der Waals surface area contributed by atoms with Crippen molar-refractivity contribution >= 4 is 17.7 Å². The molecule has 1 amide bonds. The number of hydrogen-bond acceptors (Lipinski definition) is 3. The van der Waals surface area contributed by atoms with E-state index >= 15 is 0 Å². The minimum Gasteiger partial charge on any atom is -0.322 e. The van der Waals surface area contributed by atoms with Crippen LogP contribution in [0, 0.1) is 5.92 Å². The first-order chi connectivity index (χ1) is 7.65. The van der Waals surface area contributed by atoms with Crippen molar-refractivity contribution < 1.29 is 4.79 Å². The smallest absolute Gasteiger partial charge is 0.241 e. The predicted octanol–water partition coefficient (Wildman–Crippen LogP) is 1.68. The fourth-order valence-corrected chi connectivity index (χ4v) is 3.85. The van der Waals surface area contributed by atoms with Crippen LogP contribution in [0.1, 0.15) is 33.6 Å². The van der Waals surface area contributed by atoms with Crippen molar-refractivity contribution in [1.82, 2.24) is 10.2 Å². The van der Waals surface area contributed by atoms with Crippen molar-refractivity contribution in [2.75, 3.05) is 11.5 Å². The molecule has 16 heavy (non-hydrogen) atoms. The molecule has 0 spiro atoms. The van der Waals surface area contributed by atoms with Crippen LogP contribution in [0.4, 0.5) is 0 Å². The summed E-state index contributed by atoms with van der Waals surface area (Å²) >= 11 is 1.97. The molecule has 0 saturated carbocycles. The average Bonchev–Trinajstić information content (AvgIpc) is 2.83. The van der Waals surface area contributed by atoms with E-state index in [0.29, 0.717) is 17.9 Å². The Morgan fingerprint density at radius 1 is 1.56 bits per heavy atom. The molecule has 0 aromatic heterocycles. The van der Waals surface area contributed by atoms with Gasteiger partial charge < -0.3 is 4.90 Å². The van der Waals surface area contributed by atoms with Crippen LogP contribution in [-0.2, 0) is 4.79 Å². The molecule has 4 heteroatoms. The van der Waals surface area contributed by atoms with Gasteiger partial charge in [-0.2, -0.15) is 11.8 Å². The van der Waals surface area contributed by atoms with Gasteiger partial charge in [0.1, 0.15) is 0 Å². The largest absolute Gasteiger partial charge is 0.322 e. The minimum atomic E-state index is 0.0375. The molecule has 2 heterocycles. The molecule has 0 aliphatic carbocycles. The van der Waals surface area contributed by atoms with Gasteiger partial charge in [-0.3, -0.25) is 10.1 Å². The van der Waals surface area contributed by atoms with E-state index in [4.69, 9.17) is 0 Å². The van der Waals surface area contributed by atoms with Crippen LogP contribution >= 0.6 is 11.8 Å². The lowest BCUT2D eigenvalue weighted by molar-refractivity contribution is -0.132. The predicted molar refractivity (Wildman–Crippen MR) is 68.4 cm³/mol. The van der Waals surface area contributed by atoms with Crippen molar-refractivity contribution in [1.29, 1.82) is 0 Å². The molecule has 2 aliphatic rings. The van der Waals surface area contributed by atoms with Crippen LogP contribution in [0.2, 0.25) is 0 Å². The molecule has 0 bridgehead atoms. The molecule has 0 aromatic rings. The Balaban J connectivity index is 2.12. The average molecular weight is 242 g/mol. The van der Waals surface area contributed by atoms with Crippen molar-refractivity contribution in [2.24, 2.45) is 5.92 Å². The highest BCUT2D eigenvalue weighted by molar-refractivity contribution is 7.99. The van der Waals surface area contributed by atoms with E-state index in [9.17, 15) is 4.79 Å². The topological polar surface area (TPSA) is 32.3 Å². The maximum atomic E-state index is 12.4. The molecule has 2 saturated heterocycles. The first kappa shape index (κ1) is 12.2. The summed E-state index contributed by atoms with van der Waals surface area (Å²) in [7, 11) is 0. The number of hydrogen-bond donors (Lipinski definition) is 1. The lowest BCUT2D eigenvalue weighted by Gasteiger charge is -2.29. The van der Waals surface area contributed by atoms with E-state index in [1.807, 2.05) is 11.8 Å². The molecule has 1 N–H and O–H groups in total. The third-order valence-corrected chi connectivity index (χ3v) is 4.73. The SMILES string of the molecule is CCC1NC(C(C)C)C(=O)N1C1CCSC1. The van der Waals surface area contributed by atoms with Gasteiger partial charge >= 0.3 is 0 Å². The van der Waals surface area contributed by atoms with Crippen LogP contribution < -0.4 is 5.32 Å². The Labute approximate surface area is 102 Å². The monoisotopic (exact) mass is 242 g/mol. The van der Waals surface area contributed by atoms with Gasteiger partial charge in [0, 0.05) is 11.8 Å². The summed E-state index contributed by atoms with van der Waals surface area (Å²) in [5.41, 5.74) is 0. The molecule has 0 aromatic carbocycles. The molecule has 2 rings (SSSR count). The molecule has 0 radical (unpaired) electrons. The minimum absolute atomic E-state index is 0.0375. The molecule has 3 unspecified atom stereocenters.